The first-order valence-corrected chi connectivity index (χ1v) is 6.29. The summed E-state index contributed by atoms with van der Waals surface area (Å²) in [5.41, 5.74) is 1.01. The zero-order valence-electron chi connectivity index (χ0n) is 9.23. The Morgan fingerprint density at radius 2 is 2.00 bits per heavy atom. The highest BCUT2D eigenvalue weighted by Gasteiger charge is 2.45. The quantitative estimate of drug-likeness (QED) is 0.746. The molecule has 0 unspecified atom stereocenters. The zero-order chi connectivity index (χ0) is 12.7. The molecule has 0 aliphatic carbocycles. The van der Waals surface area contributed by atoms with Gasteiger partial charge in [-0.05, 0) is 12.1 Å². The van der Waals surface area contributed by atoms with Gasteiger partial charge in [-0.25, -0.2) is 0 Å². The molecule has 0 radical (unpaired) electrons. The van der Waals surface area contributed by atoms with Crippen molar-refractivity contribution >= 4 is 34.9 Å². The lowest BCUT2D eigenvalue weighted by atomic mass is 9.89. The van der Waals surface area contributed by atoms with Crippen molar-refractivity contribution in [1.29, 1.82) is 0 Å². The Bertz CT molecular complexity index is 524. The molecule has 0 aromatic heterocycles. The Hall–Kier alpha value is -1.26. The van der Waals surface area contributed by atoms with Crippen molar-refractivity contribution in [2.75, 3.05) is 6.61 Å². The number of halogens is 2. The molecule has 2 aliphatic heterocycles. The molecule has 1 aromatic carbocycles. The Morgan fingerprint density at radius 3 is 2.72 bits per heavy atom. The number of benzene rings is 1. The summed E-state index contributed by atoms with van der Waals surface area (Å²) in [4.78, 5) is 17.1. The van der Waals surface area contributed by atoms with E-state index in [2.05, 4.69) is 5.16 Å². The van der Waals surface area contributed by atoms with E-state index in [1.165, 1.54) is 0 Å². The molecule has 0 spiro atoms. The van der Waals surface area contributed by atoms with Crippen LogP contribution >= 0.6 is 23.2 Å². The number of oxime groups is 1. The smallest absolute Gasteiger partial charge is 0.319 e. The van der Waals surface area contributed by atoms with Crippen LogP contribution in [0.3, 0.4) is 0 Å². The van der Waals surface area contributed by atoms with Crippen LogP contribution in [0, 0.1) is 5.92 Å². The summed E-state index contributed by atoms with van der Waals surface area (Å²) in [6.45, 7) is 0.360. The van der Waals surface area contributed by atoms with E-state index >= 15 is 0 Å². The maximum Gasteiger partial charge on any atom is 0.319 e. The third-order valence-electron chi connectivity index (χ3n) is 3.07. The van der Waals surface area contributed by atoms with Gasteiger partial charge in [-0.15, -0.1) is 0 Å². The molecule has 2 aliphatic rings. The van der Waals surface area contributed by atoms with Gasteiger partial charge in [-0.3, -0.25) is 4.79 Å². The number of carbonyl (C=O) groups is 1. The van der Waals surface area contributed by atoms with Crippen LogP contribution in [-0.4, -0.2) is 24.4 Å². The monoisotopic (exact) mass is 285 g/mol. The van der Waals surface area contributed by atoms with Crippen LogP contribution in [0.4, 0.5) is 0 Å². The highest BCUT2D eigenvalue weighted by molar-refractivity contribution is 6.41. The predicted molar refractivity (Wildman–Crippen MR) is 66.9 cm³/mol. The van der Waals surface area contributed by atoms with Gasteiger partial charge in [0.1, 0.15) is 17.7 Å². The number of ether oxygens (including phenoxy) is 1. The Labute approximate surface area is 113 Å². The van der Waals surface area contributed by atoms with Crippen molar-refractivity contribution in [3.63, 3.8) is 0 Å². The first-order chi connectivity index (χ1) is 8.68. The highest BCUT2D eigenvalue weighted by atomic mass is 35.5. The second-order valence-electron chi connectivity index (χ2n) is 4.15. The molecule has 94 valence electrons. The molecule has 1 aromatic rings. The first kappa shape index (κ1) is 11.8. The summed E-state index contributed by atoms with van der Waals surface area (Å²) >= 11 is 12.2. The van der Waals surface area contributed by atoms with E-state index in [0.717, 1.165) is 0 Å². The van der Waals surface area contributed by atoms with Crippen LogP contribution in [-0.2, 0) is 14.4 Å². The van der Waals surface area contributed by atoms with Gasteiger partial charge in [0.2, 0.25) is 0 Å². The molecule has 4 nitrogen and oxygen atoms in total. The van der Waals surface area contributed by atoms with Gasteiger partial charge < -0.3 is 9.57 Å². The summed E-state index contributed by atoms with van der Waals surface area (Å²) in [5.74, 6) is -0.866. The average Bonchev–Trinajstić information content (AvgIpc) is 2.74. The predicted octanol–water partition coefficient (Wildman–Crippen LogP) is 2.66. The summed E-state index contributed by atoms with van der Waals surface area (Å²) in [6.07, 6.45) is 0.361. The van der Waals surface area contributed by atoms with Crippen LogP contribution < -0.4 is 0 Å². The molecule has 2 atom stereocenters. The lowest BCUT2D eigenvalue weighted by Gasteiger charge is -2.23. The van der Waals surface area contributed by atoms with E-state index in [4.69, 9.17) is 32.8 Å². The second-order valence-corrected chi connectivity index (χ2v) is 4.97. The van der Waals surface area contributed by atoms with Gasteiger partial charge in [0.05, 0.1) is 16.7 Å². The Balaban J connectivity index is 2.05. The SMILES string of the molecule is O=C1OCC[C@H]2ON=C(c3c(Cl)cccc3Cl)[C@@H]12. The fourth-order valence-electron chi connectivity index (χ4n) is 2.21. The number of esters is 1. The van der Waals surface area contributed by atoms with E-state index < -0.39 is 5.92 Å². The first-order valence-electron chi connectivity index (χ1n) is 5.53. The fourth-order valence-corrected chi connectivity index (χ4v) is 2.80. The molecule has 6 heteroatoms. The van der Waals surface area contributed by atoms with Crippen LogP contribution in [0.1, 0.15) is 12.0 Å². The maximum atomic E-state index is 11.8. The minimum Gasteiger partial charge on any atom is -0.465 e. The molecule has 0 amide bonds. The third-order valence-corrected chi connectivity index (χ3v) is 3.70. The molecule has 1 fully saturated rings. The van der Waals surface area contributed by atoms with Crippen LogP contribution in [0.5, 0.6) is 0 Å². The lowest BCUT2D eigenvalue weighted by molar-refractivity contribution is -0.156. The summed E-state index contributed by atoms with van der Waals surface area (Å²) in [6, 6.07) is 5.14. The van der Waals surface area contributed by atoms with E-state index in [9.17, 15) is 4.79 Å². The number of nitrogens with zero attached hydrogens (tertiary/aromatic N) is 1. The molecule has 1 saturated heterocycles. The van der Waals surface area contributed by atoms with Gasteiger partial charge in [0.25, 0.3) is 0 Å². The number of hydrogen-bond donors (Lipinski definition) is 0. The summed E-state index contributed by atoms with van der Waals surface area (Å²) in [5, 5.41) is 4.87. The number of rotatable bonds is 1. The van der Waals surface area contributed by atoms with Crippen LogP contribution in [0.2, 0.25) is 10.0 Å². The second kappa shape index (κ2) is 4.44. The van der Waals surface area contributed by atoms with Crippen molar-refractivity contribution in [2.45, 2.75) is 12.5 Å². The lowest BCUT2D eigenvalue weighted by Crippen LogP contribution is -2.38. The normalized spacial score (nSPS) is 26.1. The minimum atomic E-state index is -0.531. The van der Waals surface area contributed by atoms with E-state index in [-0.39, 0.29) is 12.1 Å². The van der Waals surface area contributed by atoms with E-state index in [1.54, 1.807) is 18.2 Å². The van der Waals surface area contributed by atoms with Crippen molar-refractivity contribution in [1.82, 2.24) is 0 Å². The molecular weight excluding hydrogens is 277 g/mol. The van der Waals surface area contributed by atoms with Gasteiger partial charge in [0, 0.05) is 12.0 Å². The fraction of sp³-hybridized carbons (Fsp3) is 0.333. The van der Waals surface area contributed by atoms with Gasteiger partial charge in [-0.1, -0.05) is 34.4 Å². The van der Waals surface area contributed by atoms with Crippen molar-refractivity contribution < 1.29 is 14.4 Å². The third kappa shape index (κ3) is 1.76. The van der Waals surface area contributed by atoms with Crippen molar-refractivity contribution in [3.8, 4) is 0 Å². The largest absolute Gasteiger partial charge is 0.465 e. The molecule has 0 saturated carbocycles. The van der Waals surface area contributed by atoms with Crippen LogP contribution in [0.25, 0.3) is 0 Å². The van der Waals surface area contributed by atoms with Gasteiger partial charge in [-0.2, -0.15) is 0 Å². The molecular formula is C12H9Cl2NO3. The highest BCUT2D eigenvalue weighted by Crippen LogP contribution is 2.35. The summed E-state index contributed by atoms with van der Waals surface area (Å²) in [7, 11) is 0. The zero-order valence-corrected chi connectivity index (χ0v) is 10.7. The molecule has 2 heterocycles. The summed E-state index contributed by atoms with van der Waals surface area (Å²) < 4.78 is 5.04. The maximum absolute atomic E-state index is 11.8. The van der Waals surface area contributed by atoms with E-state index in [1.807, 2.05) is 0 Å². The average molecular weight is 286 g/mol. The van der Waals surface area contributed by atoms with Gasteiger partial charge in [0.15, 0.2) is 0 Å². The topological polar surface area (TPSA) is 47.9 Å². The number of hydrogen-bond acceptors (Lipinski definition) is 4. The van der Waals surface area contributed by atoms with Crippen LogP contribution in [0.15, 0.2) is 23.4 Å². The Kier molecular flexibility index (Phi) is 2.92. The molecule has 3 rings (SSSR count). The minimum absolute atomic E-state index is 0.270. The van der Waals surface area contributed by atoms with E-state index in [0.29, 0.717) is 34.3 Å². The van der Waals surface area contributed by atoms with Crippen molar-refractivity contribution in [2.24, 2.45) is 11.1 Å². The number of fused-ring (bicyclic) bond motifs is 1. The molecule has 18 heavy (non-hydrogen) atoms. The van der Waals surface area contributed by atoms with Gasteiger partial charge >= 0.3 is 5.97 Å². The Morgan fingerprint density at radius 1 is 1.28 bits per heavy atom. The number of cyclic esters (lactones) is 1. The standard InChI is InChI=1S/C12H9Cl2NO3/c13-6-2-1-3-7(14)9(6)11-10-8(18-15-11)4-5-17-12(10)16/h1-3,8,10H,4-5H2/t8-,10+/m1/s1. The molecule has 0 bridgehead atoms. The molecule has 0 N–H and O–H groups in total. The number of carbonyl (C=O) groups excluding carboxylic acids is 1. The van der Waals surface area contributed by atoms with Crippen molar-refractivity contribution in [3.05, 3.63) is 33.8 Å².